The SMILES string of the molecule is CCN1CCC(c2nn(-c3cccc(C(=O)O)c3)c3c2CCN3)CC1. The Balaban J connectivity index is 1.69. The van der Waals surface area contributed by atoms with Crippen LogP contribution in [-0.4, -0.2) is 51.9 Å². The molecule has 1 saturated heterocycles. The molecule has 2 aliphatic rings. The number of hydrogen-bond acceptors (Lipinski definition) is 4. The van der Waals surface area contributed by atoms with Crippen LogP contribution in [0, 0.1) is 0 Å². The van der Waals surface area contributed by atoms with Crippen molar-refractivity contribution in [3.8, 4) is 5.69 Å². The van der Waals surface area contributed by atoms with Crippen LogP contribution in [-0.2, 0) is 6.42 Å². The number of anilines is 1. The van der Waals surface area contributed by atoms with E-state index in [9.17, 15) is 9.90 Å². The minimum Gasteiger partial charge on any atom is -0.478 e. The zero-order valence-electron chi connectivity index (χ0n) is 14.5. The molecule has 4 rings (SSSR count). The van der Waals surface area contributed by atoms with Gasteiger partial charge >= 0.3 is 5.97 Å². The van der Waals surface area contributed by atoms with E-state index >= 15 is 0 Å². The van der Waals surface area contributed by atoms with Crippen molar-refractivity contribution in [3.63, 3.8) is 0 Å². The first-order chi connectivity index (χ1) is 12.2. The largest absolute Gasteiger partial charge is 0.478 e. The average Bonchev–Trinajstić information content (AvgIpc) is 3.24. The van der Waals surface area contributed by atoms with E-state index in [1.165, 1.54) is 11.3 Å². The normalized spacial score (nSPS) is 18.1. The molecule has 0 atom stereocenters. The van der Waals surface area contributed by atoms with Gasteiger partial charge in [-0.05, 0) is 57.1 Å². The third-order valence-corrected chi connectivity index (χ3v) is 5.44. The van der Waals surface area contributed by atoms with Gasteiger partial charge in [0.15, 0.2) is 0 Å². The van der Waals surface area contributed by atoms with Gasteiger partial charge in [-0.25, -0.2) is 9.48 Å². The summed E-state index contributed by atoms with van der Waals surface area (Å²) >= 11 is 0. The van der Waals surface area contributed by atoms with Crippen LogP contribution in [0.4, 0.5) is 5.82 Å². The number of aromatic nitrogens is 2. The van der Waals surface area contributed by atoms with Gasteiger partial charge in [-0.2, -0.15) is 5.10 Å². The van der Waals surface area contributed by atoms with Crippen molar-refractivity contribution in [1.82, 2.24) is 14.7 Å². The van der Waals surface area contributed by atoms with E-state index in [4.69, 9.17) is 5.10 Å². The summed E-state index contributed by atoms with van der Waals surface area (Å²) in [5.74, 6) is 0.626. The monoisotopic (exact) mass is 340 g/mol. The Kier molecular flexibility index (Phi) is 4.21. The first kappa shape index (κ1) is 16.1. The molecule has 0 unspecified atom stereocenters. The van der Waals surface area contributed by atoms with Crippen LogP contribution >= 0.6 is 0 Å². The van der Waals surface area contributed by atoms with Gasteiger partial charge in [-0.1, -0.05) is 13.0 Å². The third-order valence-electron chi connectivity index (χ3n) is 5.44. The van der Waals surface area contributed by atoms with Gasteiger partial charge in [-0.15, -0.1) is 0 Å². The number of hydrogen-bond donors (Lipinski definition) is 2. The molecular formula is C19H24N4O2. The molecule has 1 fully saturated rings. The predicted octanol–water partition coefficient (Wildman–Crippen LogP) is 2.74. The molecule has 0 bridgehead atoms. The molecule has 0 spiro atoms. The molecule has 6 heteroatoms. The summed E-state index contributed by atoms with van der Waals surface area (Å²) in [6, 6.07) is 7.01. The highest BCUT2D eigenvalue weighted by atomic mass is 16.4. The Morgan fingerprint density at radius 1 is 1.36 bits per heavy atom. The zero-order valence-corrected chi connectivity index (χ0v) is 14.5. The highest BCUT2D eigenvalue weighted by Gasteiger charge is 2.30. The Labute approximate surface area is 147 Å². The van der Waals surface area contributed by atoms with Crippen LogP contribution in [0.2, 0.25) is 0 Å². The fourth-order valence-electron chi connectivity index (χ4n) is 4.01. The number of carboxylic acids is 1. The van der Waals surface area contributed by atoms with E-state index in [1.807, 2.05) is 10.7 Å². The molecule has 2 aliphatic heterocycles. The van der Waals surface area contributed by atoms with Crippen LogP contribution in [0.15, 0.2) is 24.3 Å². The lowest BCUT2D eigenvalue weighted by atomic mass is 9.91. The van der Waals surface area contributed by atoms with E-state index < -0.39 is 5.97 Å². The molecule has 0 aliphatic carbocycles. The fraction of sp³-hybridized carbons (Fsp3) is 0.474. The molecule has 25 heavy (non-hydrogen) atoms. The van der Waals surface area contributed by atoms with Gasteiger partial charge in [0.25, 0.3) is 0 Å². The number of piperidine rings is 1. The Bertz CT molecular complexity index is 791. The lowest BCUT2D eigenvalue weighted by Crippen LogP contribution is -2.33. The third kappa shape index (κ3) is 2.91. The lowest BCUT2D eigenvalue weighted by Gasteiger charge is -2.30. The van der Waals surface area contributed by atoms with Crippen molar-refractivity contribution >= 4 is 11.8 Å². The van der Waals surface area contributed by atoms with Crippen molar-refractivity contribution in [2.75, 3.05) is 31.5 Å². The quantitative estimate of drug-likeness (QED) is 0.895. The number of carboxylic acid groups (broad SMARTS) is 1. The number of benzene rings is 1. The van der Waals surface area contributed by atoms with Crippen molar-refractivity contribution < 1.29 is 9.90 Å². The van der Waals surface area contributed by atoms with Gasteiger partial charge in [0.1, 0.15) is 5.82 Å². The standard InChI is InChI=1S/C19H24N4O2/c1-2-22-10-7-13(8-11-22)17-16-6-9-20-18(16)23(21-17)15-5-3-4-14(12-15)19(24)25/h3-5,12-13,20H,2,6-11H2,1H3,(H,24,25). The molecular weight excluding hydrogens is 316 g/mol. The number of rotatable bonds is 4. The van der Waals surface area contributed by atoms with E-state index in [0.29, 0.717) is 5.92 Å². The van der Waals surface area contributed by atoms with Crippen LogP contribution in [0.1, 0.15) is 47.3 Å². The van der Waals surface area contributed by atoms with Crippen molar-refractivity contribution in [3.05, 3.63) is 41.1 Å². The predicted molar refractivity (Wildman–Crippen MR) is 96.8 cm³/mol. The van der Waals surface area contributed by atoms with Crippen molar-refractivity contribution in [2.24, 2.45) is 0 Å². The number of nitrogens with zero attached hydrogens (tertiary/aromatic N) is 3. The summed E-state index contributed by atoms with van der Waals surface area (Å²) in [7, 11) is 0. The van der Waals surface area contributed by atoms with Crippen molar-refractivity contribution in [2.45, 2.75) is 32.1 Å². The molecule has 2 N–H and O–H groups in total. The maximum absolute atomic E-state index is 11.3. The summed E-state index contributed by atoms with van der Waals surface area (Å²) < 4.78 is 1.90. The maximum atomic E-state index is 11.3. The minimum atomic E-state index is -0.911. The van der Waals surface area contributed by atoms with E-state index in [2.05, 4.69) is 17.1 Å². The second-order valence-electron chi connectivity index (χ2n) is 6.86. The van der Waals surface area contributed by atoms with E-state index in [1.54, 1.807) is 18.2 Å². The zero-order chi connectivity index (χ0) is 17.4. The smallest absolute Gasteiger partial charge is 0.335 e. The van der Waals surface area contributed by atoms with Gasteiger partial charge in [-0.3, -0.25) is 0 Å². The van der Waals surface area contributed by atoms with Gasteiger partial charge in [0, 0.05) is 18.0 Å². The van der Waals surface area contributed by atoms with Crippen molar-refractivity contribution in [1.29, 1.82) is 0 Å². The Morgan fingerprint density at radius 3 is 2.88 bits per heavy atom. The molecule has 0 saturated carbocycles. The average molecular weight is 340 g/mol. The molecule has 1 aromatic heterocycles. The molecule has 1 aromatic carbocycles. The fourth-order valence-corrected chi connectivity index (χ4v) is 4.01. The van der Waals surface area contributed by atoms with E-state index in [-0.39, 0.29) is 5.56 Å². The number of carbonyl (C=O) groups is 1. The first-order valence-electron chi connectivity index (χ1n) is 9.09. The second kappa shape index (κ2) is 6.52. The topological polar surface area (TPSA) is 70.4 Å². The van der Waals surface area contributed by atoms with Crippen LogP contribution in [0.5, 0.6) is 0 Å². The first-order valence-corrected chi connectivity index (χ1v) is 9.09. The maximum Gasteiger partial charge on any atom is 0.335 e. The molecule has 0 radical (unpaired) electrons. The Morgan fingerprint density at radius 2 is 2.16 bits per heavy atom. The molecule has 6 nitrogen and oxygen atoms in total. The van der Waals surface area contributed by atoms with Gasteiger partial charge < -0.3 is 15.3 Å². The number of likely N-dealkylation sites (tertiary alicyclic amines) is 1. The summed E-state index contributed by atoms with van der Waals surface area (Å²) in [5, 5.41) is 17.6. The highest BCUT2D eigenvalue weighted by Crippen LogP contribution is 2.36. The molecule has 2 aromatic rings. The second-order valence-corrected chi connectivity index (χ2v) is 6.86. The molecule has 0 amide bonds. The van der Waals surface area contributed by atoms with E-state index in [0.717, 1.165) is 56.9 Å². The van der Waals surface area contributed by atoms with Crippen LogP contribution in [0.3, 0.4) is 0 Å². The highest BCUT2D eigenvalue weighted by molar-refractivity contribution is 5.88. The summed E-state index contributed by atoms with van der Waals surface area (Å²) in [6.07, 6.45) is 3.29. The summed E-state index contributed by atoms with van der Waals surface area (Å²) in [4.78, 5) is 13.8. The van der Waals surface area contributed by atoms with Crippen LogP contribution < -0.4 is 5.32 Å². The number of fused-ring (bicyclic) bond motifs is 1. The van der Waals surface area contributed by atoms with Crippen LogP contribution in [0.25, 0.3) is 5.69 Å². The molecule has 3 heterocycles. The van der Waals surface area contributed by atoms with Gasteiger partial charge in [0.2, 0.25) is 0 Å². The molecule has 132 valence electrons. The van der Waals surface area contributed by atoms with Gasteiger partial charge in [0.05, 0.1) is 16.9 Å². The number of aromatic carboxylic acids is 1. The summed E-state index contributed by atoms with van der Waals surface area (Å²) in [5.41, 5.74) is 3.62. The summed E-state index contributed by atoms with van der Waals surface area (Å²) in [6.45, 7) is 6.51. The lowest BCUT2D eigenvalue weighted by molar-refractivity contribution is 0.0697. The number of nitrogens with one attached hydrogen (secondary N) is 1. The Hall–Kier alpha value is -2.34. The minimum absolute atomic E-state index is 0.289.